The van der Waals surface area contributed by atoms with Crippen LogP contribution >= 0.6 is 38.5 Å². The molecule has 0 aliphatic carbocycles. The predicted molar refractivity (Wildman–Crippen MR) is 435 cm³/mol. The molecule has 574 valence electrons. The van der Waals surface area contributed by atoms with Crippen molar-refractivity contribution in [2.75, 3.05) is 15.5 Å². The van der Waals surface area contributed by atoms with Crippen LogP contribution in [0.5, 0.6) is 0 Å². The van der Waals surface area contributed by atoms with E-state index in [2.05, 4.69) is 101 Å². The van der Waals surface area contributed by atoms with Crippen LogP contribution in [0, 0.1) is 52.4 Å². The van der Waals surface area contributed by atoms with E-state index in [9.17, 15) is 44.3 Å². The molecule has 18 rings (SSSR count). The average Bonchev–Trinajstić information content (AvgIpc) is 1.63. The number of carbonyl (C=O) groups excluding carboxylic acids is 1. The number of imidazole rings is 7. The van der Waals surface area contributed by atoms with Gasteiger partial charge in [0.2, 0.25) is 5.91 Å². The monoisotopic (exact) mass is 1730 g/mol. The first-order valence-corrected chi connectivity index (χ1v) is 37.1. The second kappa shape index (κ2) is 36.5. The minimum absolute atomic E-state index is 0.224. The van der Waals surface area contributed by atoms with Crippen molar-refractivity contribution in [1.82, 2.24) is 77.4 Å². The minimum atomic E-state index is -0.350. The fraction of sp³-hybridized carbons (Fsp3) is 0.0353. The SMILES string of the molecule is CC(=O)Nc1cn2nc(-c3c(-c4ccc(F)cc4)ncn3-c3ccc(F)cc3)ccc2n1.CCI.Fc1ccc(-c2cn(-c3ccc(F)cc3)cn2)cc1.Fc1ccc(-c2cnc[nH]2)cc1.Fc1ccc(-c2ncn(-c3ccc(F)cc3)c2Br)cc1.Nc1cn2nc(-c3c(-c4ccc(F)cc4)ncn3-c3ccc(F)cc3)ccc2n1. The van der Waals surface area contributed by atoms with Gasteiger partial charge in [-0.15, -0.1) is 0 Å². The number of amides is 1. The number of fused-ring (bicyclic) bond motifs is 2. The highest BCUT2D eigenvalue weighted by molar-refractivity contribution is 14.1. The third-order valence-corrected chi connectivity index (χ3v) is 17.6. The van der Waals surface area contributed by atoms with E-state index in [1.807, 2.05) is 16.8 Å². The number of nitrogens with two attached hydrogens (primary N) is 1. The summed E-state index contributed by atoms with van der Waals surface area (Å²) in [5.41, 5.74) is 20.0. The van der Waals surface area contributed by atoms with Crippen molar-refractivity contribution in [3.8, 4) is 102 Å². The Bertz CT molecular complexity index is 6010. The summed E-state index contributed by atoms with van der Waals surface area (Å²) in [4.78, 5) is 44.3. The Morgan fingerprint density at radius 1 is 0.417 bits per heavy atom. The molecule has 115 heavy (non-hydrogen) atoms. The zero-order chi connectivity index (χ0) is 80.7. The number of carbonyl (C=O) groups is 1. The first-order chi connectivity index (χ1) is 55.7. The van der Waals surface area contributed by atoms with Crippen LogP contribution in [0.2, 0.25) is 0 Å². The number of halogens is 11. The van der Waals surface area contributed by atoms with Crippen molar-refractivity contribution >= 4 is 67.4 Å². The molecule has 0 aliphatic heterocycles. The van der Waals surface area contributed by atoms with E-state index in [0.29, 0.717) is 79.7 Å². The fourth-order valence-corrected chi connectivity index (χ4v) is 12.1. The van der Waals surface area contributed by atoms with E-state index in [-0.39, 0.29) is 58.3 Å². The molecule has 0 radical (unpaired) electrons. The molecule has 18 aromatic rings. The molecule has 0 unspecified atom stereocenters. The molecular formula is C85H61BrF9IN18O. The van der Waals surface area contributed by atoms with Crippen LogP contribution in [0.15, 0.2) is 304 Å². The number of rotatable bonds is 12. The molecule has 0 bridgehead atoms. The molecule has 30 heteroatoms. The molecule has 9 aromatic carbocycles. The first-order valence-electron chi connectivity index (χ1n) is 34.8. The van der Waals surface area contributed by atoms with Crippen molar-refractivity contribution in [1.29, 1.82) is 0 Å². The Labute approximate surface area is 671 Å². The van der Waals surface area contributed by atoms with Gasteiger partial charge in [-0.05, 0) is 269 Å². The molecule has 9 aromatic heterocycles. The lowest BCUT2D eigenvalue weighted by Gasteiger charge is -2.10. The quantitative estimate of drug-likeness (QED) is 0.0594. The van der Waals surface area contributed by atoms with Crippen LogP contribution in [0.4, 0.5) is 51.1 Å². The topological polar surface area (TPSA) is 215 Å². The van der Waals surface area contributed by atoms with E-state index in [4.69, 9.17) is 5.73 Å². The summed E-state index contributed by atoms with van der Waals surface area (Å²) in [6, 6.07) is 62.1. The van der Waals surface area contributed by atoms with Gasteiger partial charge in [0, 0.05) is 58.1 Å². The Kier molecular flexibility index (Phi) is 25.2. The van der Waals surface area contributed by atoms with E-state index >= 15 is 0 Å². The van der Waals surface area contributed by atoms with E-state index < -0.39 is 0 Å². The van der Waals surface area contributed by atoms with Gasteiger partial charge in [-0.2, -0.15) is 10.2 Å². The molecule has 0 fully saturated rings. The Hall–Kier alpha value is -13.9. The summed E-state index contributed by atoms with van der Waals surface area (Å²) in [6.07, 6.45) is 14.9. The number of anilines is 2. The molecule has 1 amide bonds. The molecule has 0 saturated carbocycles. The average molecular weight is 1730 g/mol. The Balaban J connectivity index is 0.000000128. The maximum atomic E-state index is 13.5. The van der Waals surface area contributed by atoms with Crippen LogP contribution in [0.1, 0.15) is 13.8 Å². The molecule has 0 aliphatic rings. The number of H-pyrrole nitrogens is 1. The van der Waals surface area contributed by atoms with Gasteiger partial charge in [0.15, 0.2) is 17.1 Å². The van der Waals surface area contributed by atoms with E-state index in [1.165, 1.54) is 121 Å². The zero-order valence-electron chi connectivity index (χ0n) is 60.3. The van der Waals surface area contributed by atoms with Crippen molar-refractivity contribution in [2.24, 2.45) is 0 Å². The summed E-state index contributed by atoms with van der Waals surface area (Å²) < 4.78 is 130. The Morgan fingerprint density at radius 3 is 1.19 bits per heavy atom. The highest BCUT2D eigenvalue weighted by Crippen LogP contribution is 2.36. The second-order valence-electron chi connectivity index (χ2n) is 24.7. The van der Waals surface area contributed by atoms with Gasteiger partial charge in [-0.25, -0.2) is 83.4 Å². The number of aromatic nitrogens is 16. The maximum absolute atomic E-state index is 13.5. The molecule has 9 heterocycles. The number of alkyl halides is 1. The zero-order valence-corrected chi connectivity index (χ0v) is 64.1. The van der Waals surface area contributed by atoms with Crippen molar-refractivity contribution < 1.29 is 44.3 Å². The molecule has 0 saturated heterocycles. The van der Waals surface area contributed by atoms with Crippen molar-refractivity contribution in [3.05, 3.63) is 356 Å². The number of hydrogen-bond donors (Lipinski definition) is 3. The second-order valence-corrected chi connectivity index (χ2v) is 27.0. The summed E-state index contributed by atoms with van der Waals surface area (Å²) in [7, 11) is 0. The van der Waals surface area contributed by atoms with E-state index in [0.717, 1.165) is 49.6 Å². The van der Waals surface area contributed by atoms with Crippen LogP contribution < -0.4 is 11.1 Å². The largest absolute Gasteiger partial charge is 0.382 e. The van der Waals surface area contributed by atoms with E-state index in [1.54, 1.807) is 200 Å². The third-order valence-electron chi connectivity index (χ3n) is 16.9. The van der Waals surface area contributed by atoms with Gasteiger partial charge < -0.3 is 20.6 Å². The maximum Gasteiger partial charge on any atom is 0.222 e. The van der Waals surface area contributed by atoms with Gasteiger partial charge in [0.05, 0.1) is 54.0 Å². The van der Waals surface area contributed by atoms with Crippen LogP contribution in [0.3, 0.4) is 0 Å². The van der Waals surface area contributed by atoms with Crippen molar-refractivity contribution in [2.45, 2.75) is 13.8 Å². The summed E-state index contributed by atoms with van der Waals surface area (Å²) in [6.45, 7) is 3.51. The summed E-state index contributed by atoms with van der Waals surface area (Å²) in [5.74, 6) is -2.21. The Morgan fingerprint density at radius 2 is 0.774 bits per heavy atom. The predicted octanol–water partition coefficient (Wildman–Crippen LogP) is 20.6. The van der Waals surface area contributed by atoms with Gasteiger partial charge in [0.1, 0.15) is 110 Å². The van der Waals surface area contributed by atoms with Crippen LogP contribution in [0.25, 0.3) is 113 Å². The molecule has 19 nitrogen and oxygen atoms in total. The molecule has 0 spiro atoms. The summed E-state index contributed by atoms with van der Waals surface area (Å²) in [5, 5.41) is 11.9. The molecule has 4 N–H and O–H groups in total. The lowest BCUT2D eigenvalue weighted by Crippen LogP contribution is -2.05. The number of nitrogens with zero attached hydrogens (tertiary/aromatic N) is 15. The highest BCUT2D eigenvalue weighted by atomic mass is 127. The number of aromatic amines is 1. The standard InChI is InChI=1S/C23H16F2N6O.C21H14F2N6.C15H9BrF2N2.C15H10F2N2.C9H7FN2.C2H5I/c1-14(32)27-20-12-31-21(28-20)11-10-19(29-31)23-22(15-2-4-16(24)5-3-15)26-13-30(23)18-8-6-17(25)7-9-18;22-14-3-1-13(2-4-14)20-21(17-9-10-19-26-18(24)11-29(19)27-17)28(12-25-20)16-7-5-15(23)6-8-16;16-15-14(10-1-3-11(17)4-2-10)19-9-20(15)13-7-5-12(18)6-8-13;16-12-3-1-11(2-4-12)15-9-19(10-18-15)14-7-5-13(17)6-8-14;10-8-3-1-7(2-4-8)9-5-11-6-12-9;1-2-3/h2-13H,1H3,(H,27,32);1-12H,24H2;1-9H;1-10H;1-6H,(H,11,12);2H2,1H3. The molecular weight excluding hydrogens is 1670 g/mol. The normalized spacial score (nSPS) is 10.8. The molecule has 0 atom stereocenters. The lowest BCUT2D eigenvalue weighted by atomic mass is 10.1. The van der Waals surface area contributed by atoms with Gasteiger partial charge in [-0.1, -0.05) is 29.5 Å². The third kappa shape index (κ3) is 19.7. The fourth-order valence-electron chi connectivity index (χ4n) is 11.5. The van der Waals surface area contributed by atoms with Gasteiger partial charge in [0.25, 0.3) is 0 Å². The number of hydrogen-bond acceptors (Lipinski definition) is 11. The minimum Gasteiger partial charge on any atom is -0.382 e. The smallest absolute Gasteiger partial charge is 0.222 e. The van der Waals surface area contributed by atoms with Crippen LogP contribution in [-0.2, 0) is 4.79 Å². The highest BCUT2D eigenvalue weighted by Gasteiger charge is 2.22. The number of nitrogens with one attached hydrogen (secondary N) is 2. The first kappa shape index (κ1) is 79.2. The number of nitrogen functional groups attached to an aromatic ring is 1. The number of benzene rings is 9. The van der Waals surface area contributed by atoms with Gasteiger partial charge in [-0.3, -0.25) is 18.5 Å². The lowest BCUT2D eigenvalue weighted by molar-refractivity contribution is -0.114. The van der Waals surface area contributed by atoms with Crippen molar-refractivity contribution in [3.63, 3.8) is 0 Å². The summed E-state index contributed by atoms with van der Waals surface area (Å²) >= 11 is 5.76. The van der Waals surface area contributed by atoms with Crippen LogP contribution in [-0.4, -0.2) is 87.7 Å². The van der Waals surface area contributed by atoms with Gasteiger partial charge >= 0.3 is 0 Å².